The van der Waals surface area contributed by atoms with Gasteiger partial charge in [-0.1, -0.05) is 44.0 Å². The Morgan fingerprint density at radius 1 is 1.40 bits per heavy atom. The second kappa shape index (κ2) is 5.70. The van der Waals surface area contributed by atoms with Crippen LogP contribution < -0.4 is 0 Å². The zero-order valence-corrected chi connectivity index (χ0v) is 10.8. The van der Waals surface area contributed by atoms with Crippen molar-refractivity contribution in [2.45, 2.75) is 12.8 Å². The minimum absolute atomic E-state index is 0.0321. The molecule has 0 spiro atoms. The molecule has 0 unspecified atom stereocenters. The molecule has 1 aromatic carbocycles. The summed E-state index contributed by atoms with van der Waals surface area (Å²) < 4.78 is 25.7. The molecule has 0 aromatic heterocycles. The van der Waals surface area contributed by atoms with Crippen LogP contribution in [-0.4, -0.2) is 11.1 Å². The molecule has 0 heterocycles. The molecule has 0 fully saturated rings. The highest BCUT2D eigenvalue weighted by Crippen LogP contribution is 2.30. The fourth-order valence-corrected chi connectivity index (χ4v) is 2.02. The molecule has 1 rings (SSSR count). The molecule has 15 heavy (non-hydrogen) atoms. The number of rotatable bonds is 4. The molecule has 0 aliphatic carbocycles. The summed E-state index contributed by atoms with van der Waals surface area (Å²) in [4.78, 5) is 11.2. The van der Waals surface area contributed by atoms with Gasteiger partial charge in [0.2, 0.25) is 0 Å². The number of hydrogen-bond acceptors (Lipinski definition) is 1. The third-order valence-corrected chi connectivity index (χ3v) is 3.22. The standard InChI is InChI=1S/C10H8Br2F2O/c11-5-7(15)4-6-2-1-3-8(12)9(6)10(13)14/h1-3,10H,4-5H2. The molecular formula is C10H8Br2F2O. The highest BCUT2D eigenvalue weighted by atomic mass is 79.9. The van der Waals surface area contributed by atoms with Crippen molar-refractivity contribution in [1.82, 2.24) is 0 Å². The molecule has 0 saturated heterocycles. The van der Waals surface area contributed by atoms with Crippen molar-refractivity contribution >= 4 is 37.6 Å². The van der Waals surface area contributed by atoms with E-state index in [4.69, 9.17) is 0 Å². The molecule has 0 amide bonds. The fourth-order valence-electron chi connectivity index (χ4n) is 1.24. The Bertz CT molecular complexity index is 366. The normalized spacial score (nSPS) is 10.7. The maximum Gasteiger partial charge on any atom is 0.265 e. The van der Waals surface area contributed by atoms with E-state index in [1.54, 1.807) is 18.2 Å². The molecule has 0 aliphatic rings. The lowest BCUT2D eigenvalue weighted by Crippen LogP contribution is -2.06. The van der Waals surface area contributed by atoms with Gasteiger partial charge < -0.3 is 0 Å². The van der Waals surface area contributed by atoms with Gasteiger partial charge in [-0.25, -0.2) is 8.78 Å². The summed E-state index contributed by atoms with van der Waals surface area (Å²) in [6.45, 7) is 0. The van der Waals surface area contributed by atoms with Gasteiger partial charge in [0.1, 0.15) is 5.78 Å². The molecular weight excluding hydrogens is 334 g/mol. The summed E-state index contributed by atoms with van der Waals surface area (Å²) in [5, 5.41) is 0.183. The third-order valence-electron chi connectivity index (χ3n) is 1.90. The molecule has 0 saturated carbocycles. The van der Waals surface area contributed by atoms with Gasteiger partial charge in [0.05, 0.1) is 5.33 Å². The second-order valence-corrected chi connectivity index (χ2v) is 4.38. The van der Waals surface area contributed by atoms with E-state index in [2.05, 4.69) is 31.9 Å². The van der Waals surface area contributed by atoms with E-state index in [0.717, 1.165) is 0 Å². The Kier molecular flexibility index (Phi) is 4.86. The number of carbonyl (C=O) groups is 1. The smallest absolute Gasteiger partial charge is 0.265 e. The number of Topliss-reactive ketones (excluding diaryl/α,β-unsaturated/α-hetero) is 1. The summed E-state index contributed by atoms with van der Waals surface area (Å²) in [7, 11) is 0. The lowest BCUT2D eigenvalue weighted by Gasteiger charge is -2.09. The fraction of sp³-hybridized carbons (Fsp3) is 0.300. The number of alkyl halides is 3. The molecule has 82 valence electrons. The van der Waals surface area contributed by atoms with Crippen molar-refractivity contribution in [1.29, 1.82) is 0 Å². The van der Waals surface area contributed by atoms with Crippen molar-refractivity contribution in [3.63, 3.8) is 0 Å². The Morgan fingerprint density at radius 2 is 2.07 bits per heavy atom. The molecule has 0 atom stereocenters. The third kappa shape index (κ3) is 3.34. The summed E-state index contributed by atoms with van der Waals surface area (Å²) in [6, 6.07) is 4.74. The molecule has 0 bridgehead atoms. The topological polar surface area (TPSA) is 17.1 Å². The molecule has 0 aliphatic heterocycles. The SMILES string of the molecule is O=C(CBr)Cc1cccc(Br)c1C(F)F. The van der Waals surface area contributed by atoms with Gasteiger partial charge >= 0.3 is 0 Å². The van der Waals surface area contributed by atoms with Gasteiger partial charge in [-0.15, -0.1) is 0 Å². The first kappa shape index (κ1) is 12.8. The van der Waals surface area contributed by atoms with Crippen LogP contribution in [0.2, 0.25) is 0 Å². The summed E-state index contributed by atoms with van der Waals surface area (Å²) in [5.41, 5.74) is 0.288. The molecule has 0 radical (unpaired) electrons. The highest BCUT2D eigenvalue weighted by Gasteiger charge is 2.17. The Labute approximate surface area is 103 Å². The lowest BCUT2D eigenvalue weighted by molar-refractivity contribution is -0.115. The quantitative estimate of drug-likeness (QED) is 0.759. The molecule has 0 N–H and O–H groups in total. The van der Waals surface area contributed by atoms with Crippen molar-refractivity contribution in [2.75, 3.05) is 5.33 Å². The summed E-state index contributed by atoms with van der Waals surface area (Å²) in [5.74, 6) is -0.116. The van der Waals surface area contributed by atoms with Crippen LogP contribution in [0, 0.1) is 0 Å². The number of benzene rings is 1. The number of hydrogen-bond donors (Lipinski definition) is 0. The van der Waals surface area contributed by atoms with E-state index in [0.29, 0.717) is 10.0 Å². The number of ketones is 1. The van der Waals surface area contributed by atoms with E-state index < -0.39 is 6.43 Å². The van der Waals surface area contributed by atoms with Gasteiger partial charge in [0, 0.05) is 16.5 Å². The van der Waals surface area contributed by atoms with Gasteiger partial charge in [-0.3, -0.25) is 4.79 Å². The molecule has 5 heteroatoms. The number of halogens is 4. The van der Waals surface area contributed by atoms with Crippen LogP contribution >= 0.6 is 31.9 Å². The van der Waals surface area contributed by atoms with E-state index in [1.165, 1.54) is 0 Å². The van der Waals surface area contributed by atoms with Gasteiger partial charge in [-0.2, -0.15) is 0 Å². The Morgan fingerprint density at radius 3 is 2.60 bits per heavy atom. The minimum atomic E-state index is -2.57. The highest BCUT2D eigenvalue weighted by molar-refractivity contribution is 9.10. The van der Waals surface area contributed by atoms with Crippen molar-refractivity contribution in [3.8, 4) is 0 Å². The predicted octanol–water partition coefficient (Wildman–Crippen LogP) is 3.89. The van der Waals surface area contributed by atoms with Gasteiger partial charge in [-0.05, 0) is 11.6 Å². The Hall–Kier alpha value is -0.290. The van der Waals surface area contributed by atoms with Crippen molar-refractivity contribution < 1.29 is 13.6 Å². The van der Waals surface area contributed by atoms with Crippen molar-refractivity contribution in [2.24, 2.45) is 0 Å². The van der Waals surface area contributed by atoms with E-state index in [1.807, 2.05) is 0 Å². The van der Waals surface area contributed by atoms with Crippen LogP contribution in [0.25, 0.3) is 0 Å². The zero-order valence-electron chi connectivity index (χ0n) is 7.64. The monoisotopic (exact) mass is 340 g/mol. The van der Waals surface area contributed by atoms with Crippen LogP contribution in [0.1, 0.15) is 17.6 Å². The van der Waals surface area contributed by atoms with Gasteiger partial charge in [0.15, 0.2) is 0 Å². The maximum atomic E-state index is 12.7. The van der Waals surface area contributed by atoms with E-state index >= 15 is 0 Å². The second-order valence-electron chi connectivity index (χ2n) is 2.96. The van der Waals surface area contributed by atoms with Crippen molar-refractivity contribution in [3.05, 3.63) is 33.8 Å². The van der Waals surface area contributed by atoms with Crippen LogP contribution in [0.5, 0.6) is 0 Å². The van der Waals surface area contributed by atoms with Crippen LogP contribution in [0.4, 0.5) is 8.78 Å². The first-order valence-corrected chi connectivity index (χ1v) is 6.10. The average Bonchev–Trinajstić information content (AvgIpc) is 2.17. The van der Waals surface area contributed by atoms with Crippen LogP contribution in [0.3, 0.4) is 0 Å². The summed E-state index contributed by atoms with van der Waals surface area (Å²) in [6.07, 6.45) is -2.54. The lowest BCUT2D eigenvalue weighted by atomic mass is 10.0. The van der Waals surface area contributed by atoms with Crippen LogP contribution in [-0.2, 0) is 11.2 Å². The summed E-state index contributed by atoms with van der Waals surface area (Å²) >= 11 is 6.06. The largest absolute Gasteiger partial charge is 0.298 e. The average molecular weight is 342 g/mol. The van der Waals surface area contributed by atoms with E-state index in [9.17, 15) is 13.6 Å². The van der Waals surface area contributed by atoms with Crippen LogP contribution in [0.15, 0.2) is 22.7 Å². The molecule has 1 nitrogen and oxygen atoms in total. The molecule has 1 aromatic rings. The van der Waals surface area contributed by atoms with Gasteiger partial charge in [0.25, 0.3) is 6.43 Å². The number of carbonyl (C=O) groups excluding carboxylic acids is 1. The predicted molar refractivity (Wildman–Crippen MR) is 61.6 cm³/mol. The first-order valence-electron chi connectivity index (χ1n) is 4.19. The maximum absolute atomic E-state index is 12.7. The minimum Gasteiger partial charge on any atom is -0.298 e. The zero-order chi connectivity index (χ0) is 11.4. The van der Waals surface area contributed by atoms with E-state index in [-0.39, 0.29) is 23.1 Å². The Balaban J connectivity index is 3.06. The first-order chi connectivity index (χ1) is 7.06.